The van der Waals surface area contributed by atoms with E-state index in [1.807, 2.05) is 35.2 Å². The Labute approximate surface area is 121 Å². The minimum Gasteiger partial charge on any atom is -0.394 e. The van der Waals surface area contributed by atoms with Crippen molar-refractivity contribution in [2.75, 3.05) is 6.61 Å². The van der Waals surface area contributed by atoms with E-state index < -0.39 is 0 Å². The van der Waals surface area contributed by atoms with Crippen molar-refractivity contribution in [3.05, 3.63) is 35.9 Å². The molecule has 0 aliphatic carbocycles. The summed E-state index contributed by atoms with van der Waals surface area (Å²) in [6.45, 7) is 2.17. The quantitative estimate of drug-likeness (QED) is 0.865. The standard InChI is InChI=1S/C17H25NO2/c1-2-3-10-15-11-7-12-17(20)18(15)16(13-19)14-8-5-4-6-9-14/h4-6,8-9,15-16,19H,2-3,7,10-13H2,1H3/t15-,16+/m1/s1. The summed E-state index contributed by atoms with van der Waals surface area (Å²) in [4.78, 5) is 14.3. The van der Waals surface area contributed by atoms with E-state index in [4.69, 9.17) is 0 Å². The second kappa shape index (κ2) is 7.44. The maximum atomic E-state index is 12.4. The Balaban J connectivity index is 2.21. The number of hydrogen-bond donors (Lipinski definition) is 1. The third kappa shape index (κ3) is 3.40. The summed E-state index contributed by atoms with van der Waals surface area (Å²) in [5.41, 5.74) is 1.03. The van der Waals surface area contributed by atoms with Gasteiger partial charge in [0, 0.05) is 12.5 Å². The van der Waals surface area contributed by atoms with Crippen LogP contribution in [0.5, 0.6) is 0 Å². The molecule has 0 unspecified atom stereocenters. The Bertz CT molecular complexity index is 418. The summed E-state index contributed by atoms with van der Waals surface area (Å²) in [5.74, 6) is 0.195. The third-order valence-corrected chi connectivity index (χ3v) is 4.19. The van der Waals surface area contributed by atoms with Crippen LogP contribution in [0.2, 0.25) is 0 Å². The average molecular weight is 275 g/mol. The van der Waals surface area contributed by atoms with Gasteiger partial charge < -0.3 is 10.0 Å². The van der Waals surface area contributed by atoms with Crippen molar-refractivity contribution in [3.8, 4) is 0 Å². The molecule has 2 atom stereocenters. The average Bonchev–Trinajstić information content (AvgIpc) is 2.49. The normalized spacial score (nSPS) is 21.0. The summed E-state index contributed by atoms with van der Waals surface area (Å²) < 4.78 is 0. The highest BCUT2D eigenvalue weighted by Gasteiger charge is 2.33. The van der Waals surface area contributed by atoms with Gasteiger partial charge >= 0.3 is 0 Å². The number of benzene rings is 1. The van der Waals surface area contributed by atoms with Crippen LogP contribution in [0.15, 0.2) is 30.3 Å². The molecule has 0 spiro atoms. The first-order valence-corrected chi connectivity index (χ1v) is 7.75. The number of piperidine rings is 1. The maximum absolute atomic E-state index is 12.4. The number of likely N-dealkylation sites (tertiary alicyclic amines) is 1. The number of aliphatic hydroxyl groups excluding tert-OH is 1. The number of unbranched alkanes of at least 4 members (excludes halogenated alkanes) is 1. The largest absolute Gasteiger partial charge is 0.394 e. The third-order valence-electron chi connectivity index (χ3n) is 4.19. The Morgan fingerprint density at radius 3 is 2.75 bits per heavy atom. The fourth-order valence-corrected chi connectivity index (χ4v) is 3.14. The van der Waals surface area contributed by atoms with Gasteiger partial charge in [-0.15, -0.1) is 0 Å². The highest BCUT2D eigenvalue weighted by atomic mass is 16.3. The van der Waals surface area contributed by atoms with Crippen molar-refractivity contribution in [2.24, 2.45) is 0 Å². The summed E-state index contributed by atoms with van der Waals surface area (Å²) in [7, 11) is 0. The molecule has 1 N–H and O–H groups in total. The van der Waals surface area contributed by atoms with Crippen molar-refractivity contribution >= 4 is 5.91 Å². The minimum atomic E-state index is -0.189. The van der Waals surface area contributed by atoms with Gasteiger partial charge in [-0.2, -0.15) is 0 Å². The zero-order valence-electron chi connectivity index (χ0n) is 12.3. The molecule has 20 heavy (non-hydrogen) atoms. The number of carbonyl (C=O) groups excluding carboxylic acids is 1. The van der Waals surface area contributed by atoms with E-state index in [2.05, 4.69) is 6.92 Å². The minimum absolute atomic E-state index is 0.00161. The molecule has 3 nitrogen and oxygen atoms in total. The molecule has 0 radical (unpaired) electrons. The van der Waals surface area contributed by atoms with Gasteiger partial charge in [-0.25, -0.2) is 0 Å². The lowest BCUT2D eigenvalue weighted by Gasteiger charge is -2.41. The Hall–Kier alpha value is -1.35. The smallest absolute Gasteiger partial charge is 0.223 e. The van der Waals surface area contributed by atoms with E-state index in [0.29, 0.717) is 6.42 Å². The molecule has 1 aromatic carbocycles. The second-order valence-corrected chi connectivity index (χ2v) is 5.60. The predicted molar refractivity (Wildman–Crippen MR) is 80.3 cm³/mol. The second-order valence-electron chi connectivity index (χ2n) is 5.60. The van der Waals surface area contributed by atoms with Crippen molar-refractivity contribution in [2.45, 2.75) is 57.5 Å². The zero-order valence-corrected chi connectivity index (χ0v) is 12.3. The maximum Gasteiger partial charge on any atom is 0.223 e. The molecular formula is C17H25NO2. The van der Waals surface area contributed by atoms with Gasteiger partial charge in [0.1, 0.15) is 0 Å². The number of hydrogen-bond acceptors (Lipinski definition) is 2. The summed E-state index contributed by atoms with van der Waals surface area (Å²) in [5, 5.41) is 9.80. The molecule has 1 heterocycles. The van der Waals surface area contributed by atoms with Gasteiger partial charge in [0.15, 0.2) is 0 Å². The van der Waals surface area contributed by atoms with Crippen LogP contribution in [-0.4, -0.2) is 28.6 Å². The Morgan fingerprint density at radius 1 is 1.35 bits per heavy atom. The molecule has 0 bridgehead atoms. The van der Waals surface area contributed by atoms with Crippen LogP contribution in [0.25, 0.3) is 0 Å². The number of aliphatic hydroxyl groups is 1. The SMILES string of the molecule is CCCC[C@@H]1CCCC(=O)N1[C@@H](CO)c1ccccc1. The molecule has 1 saturated heterocycles. The predicted octanol–water partition coefficient (Wildman–Crippen LogP) is 3.29. The van der Waals surface area contributed by atoms with Gasteiger partial charge in [0.2, 0.25) is 5.91 Å². The number of carbonyl (C=O) groups is 1. The van der Waals surface area contributed by atoms with E-state index in [-0.39, 0.29) is 24.6 Å². The van der Waals surface area contributed by atoms with E-state index >= 15 is 0 Å². The number of rotatable bonds is 6. The van der Waals surface area contributed by atoms with Crippen molar-refractivity contribution in [1.82, 2.24) is 4.90 Å². The first kappa shape index (κ1) is 15.0. The zero-order chi connectivity index (χ0) is 14.4. The molecule has 1 fully saturated rings. The first-order valence-electron chi connectivity index (χ1n) is 7.75. The van der Waals surface area contributed by atoms with Crippen LogP contribution < -0.4 is 0 Å². The van der Waals surface area contributed by atoms with Crippen LogP contribution in [0, 0.1) is 0 Å². The van der Waals surface area contributed by atoms with E-state index in [9.17, 15) is 9.90 Å². The molecule has 1 amide bonds. The monoisotopic (exact) mass is 275 g/mol. The Morgan fingerprint density at radius 2 is 2.10 bits per heavy atom. The Kier molecular flexibility index (Phi) is 5.60. The molecular weight excluding hydrogens is 250 g/mol. The molecule has 1 aromatic rings. The highest BCUT2D eigenvalue weighted by Crippen LogP contribution is 2.31. The van der Waals surface area contributed by atoms with Crippen molar-refractivity contribution < 1.29 is 9.90 Å². The van der Waals surface area contributed by atoms with Crippen molar-refractivity contribution in [3.63, 3.8) is 0 Å². The summed E-state index contributed by atoms with van der Waals surface area (Å²) >= 11 is 0. The molecule has 1 aliphatic rings. The van der Waals surface area contributed by atoms with Crippen LogP contribution in [0.3, 0.4) is 0 Å². The highest BCUT2D eigenvalue weighted by molar-refractivity contribution is 5.78. The molecule has 1 aliphatic heterocycles. The fraction of sp³-hybridized carbons (Fsp3) is 0.588. The lowest BCUT2D eigenvalue weighted by molar-refractivity contribution is -0.141. The number of nitrogens with zero attached hydrogens (tertiary/aromatic N) is 1. The van der Waals surface area contributed by atoms with E-state index in [0.717, 1.165) is 37.7 Å². The fourth-order valence-electron chi connectivity index (χ4n) is 3.14. The summed E-state index contributed by atoms with van der Waals surface area (Å²) in [6.07, 6.45) is 6.00. The van der Waals surface area contributed by atoms with E-state index in [1.165, 1.54) is 0 Å². The van der Waals surface area contributed by atoms with E-state index in [1.54, 1.807) is 0 Å². The van der Waals surface area contributed by atoms with Gasteiger partial charge in [-0.1, -0.05) is 50.1 Å². The van der Waals surface area contributed by atoms with Gasteiger partial charge in [-0.05, 0) is 24.8 Å². The van der Waals surface area contributed by atoms with Crippen LogP contribution in [-0.2, 0) is 4.79 Å². The van der Waals surface area contributed by atoms with Gasteiger partial charge in [0.05, 0.1) is 12.6 Å². The van der Waals surface area contributed by atoms with Crippen LogP contribution in [0.4, 0.5) is 0 Å². The van der Waals surface area contributed by atoms with Gasteiger partial charge in [0.25, 0.3) is 0 Å². The van der Waals surface area contributed by atoms with Crippen molar-refractivity contribution in [1.29, 1.82) is 0 Å². The lowest BCUT2D eigenvalue weighted by Crippen LogP contribution is -2.46. The van der Waals surface area contributed by atoms with Gasteiger partial charge in [-0.3, -0.25) is 4.79 Å². The topological polar surface area (TPSA) is 40.5 Å². The molecule has 0 saturated carbocycles. The lowest BCUT2D eigenvalue weighted by atomic mass is 9.93. The number of amides is 1. The van der Waals surface area contributed by atoms with Crippen LogP contribution >= 0.6 is 0 Å². The first-order chi connectivity index (χ1) is 9.77. The molecule has 110 valence electrons. The molecule has 0 aromatic heterocycles. The molecule has 3 heteroatoms. The molecule has 2 rings (SSSR count). The van der Waals surface area contributed by atoms with Crippen LogP contribution in [0.1, 0.15) is 57.1 Å². The summed E-state index contributed by atoms with van der Waals surface area (Å²) in [6, 6.07) is 9.99.